The number of likely N-dealkylation sites (N-methyl/N-ethyl adjacent to an activating group) is 1. The summed E-state index contributed by atoms with van der Waals surface area (Å²) >= 11 is 0. The van der Waals surface area contributed by atoms with Crippen molar-refractivity contribution in [2.45, 2.75) is 64.3 Å². The Balaban J connectivity index is 2.05. The highest BCUT2D eigenvalue weighted by atomic mass is 16.3. The molecular formula is C28H38N2O7. The number of carbonyl (C=O) groups is 2. The Kier molecular flexibility index (Phi) is 6.60. The maximum absolute atomic E-state index is 13.7. The SMILES string of the molecule is CC(=O)C1=C(O)[C@@H](N(C)C)C2[C@@H](O)C3C(=C(O)[C@]2(O)[C@@H]1NCC(C)(C)C)C(=O)c1c(O)cccc1[C@@H]3C. The third-order valence-electron chi connectivity index (χ3n) is 8.18. The molecule has 202 valence electrons. The third kappa shape index (κ3) is 3.91. The van der Waals surface area contributed by atoms with Crippen LogP contribution in [0.3, 0.4) is 0 Å². The van der Waals surface area contributed by atoms with E-state index in [-0.39, 0.29) is 33.6 Å². The minimum atomic E-state index is -2.31. The lowest BCUT2D eigenvalue weighted by Gasteiger charge is -2.57. The van der Waals surface area contributed by atoms with Gasteiger partial charge in [0.05, 0.1) is 29.3 Å². The lowest BCUT2D eigenvalue weighted by Crippen LogP contribution is -2.72. The standard InChI is InChI=1S/C28H38N2O7/c1-12-14-9-8-10-15(32)18(14)22(33)19-16(12)23(34)20-21(30(6)7)24(35)17(13(2)31)25(28(20,37)26(19)36)29-11-27(3,4)5/h8-10,12,16,20-21,23,25,29,32,34-37H,11H2,1-7H3/t12-,16?,20?,21-,23-,25+,28+/m0/s1. The molecule has 0 aromatic heterocycles. The van der Waals surface area contributed by atoms with Gasteiger partial charge < -0.3 is 30.8 Å². The molecule has 0 heterocycles. The Bertz CT molecular complexity index is 1210. The average Bonchev–Trinajstić information content (AvgIpc) is 2.78. The molecule has 0 amide bonds. The van der Waals surface area contributed by atoms with Crippen molar-refractivity contribution in [2.24, 2.45) is 17.3 Å². The molecule has 4 rings (SSSR count). The molecule has 37 heavy (non-hydrogen) atoms. The molecule has 0 spiro atoms. The van der Waals surface area contributed by atoms with Crippen molar-refractivity contribution in [3.8, 4) is 5.75 Å². The first-order chi connectivity index (χ1) is 17.1. The molecule has 2 unspecified atom stereocenters. The van der Waals surface area contributed by atoms with E-state index in [9.17, 15) is 35.1 Å². The molecule has 1 aromatic carbocycles. The maximum Gasteiger partial charge on any atom is 0.196 e. The van der Waals surface area contributed by atoms with Crippen LogP contribution in [-0.4, -0.2) is 86.4 Å². The number of hydrogen-bond donors (Lipinski definition) is 6. The van der Waals surface area contributed by atoms with Crippen LogP contribution in [0, 0.1) is 17.3 Å². The largest absolute Gasteiger partial charge is 0.510 e. The second-order valence-corrected chi connectivity index (χ2v) is 12.1. The Labute approximate surface area is 217 Å². The van der Waals surface area contributed by atoms with Crippen LogP contribution in [0.25, 0.3) is 0 Å². The average molecular weight is 515 g/mol. The van der Waals surface area contributed by atoms with Gasteiger partial charge in [0.15, 0.2) is 11.6 Å². The van der Waals surface area contributed by atoms with Gasteiger partial charge in [-0.05, 0) is 44.0 Å². The number of ketones is 2. The molecule has 9 nitrogen and oxygen atoms in total. The molecule has 6 N–H and O–H groups in total. The molecule has 3 aliphatic rings. The summed E-state index contributed by atoms with van der Waals surface area (Å²) < 4.78 is 0. The number of aliphatic hydroxyl groups excluding tert-OH is 3. The molecule has 0 bridgehead atoms. The predicted molar refractivity (Wildman–Crippen MR) is 138 cm³/mol. The smallest absolute Gasteiger partial charge is 0.196 e. The van der Waals surface area contributed by atoms with Crippen LogP contribution in [0.15, 0.2) is 40.9 Å². The fourth-order valence-electron chi connectivity index (χ4n) is 6.57. The van der Waals surface area contributed by atoms with Gasteiger partial charge in [-0.2, -0.15) is 0 Å². The van der Waals surface area contributed by atoms with Crippen LogP contribution in [-0.2, 0) is 4.79 Å². The number of nitrogens with zero attached hydrogens (tertiary/aromatic N) is 1. The fourth-order valence-corrected chi connectivity index (χ4v) is 6.57. The minimum Gasteiger partial charge on any atom is -0.510 e. The predicted octanol–water partition coefficient (Wildman–Crippen LogP) is 2.19. The lowest BCUT2D eigenvalue weighted by molar-refractivity contribution is -0.147. The van der Waals surface area contributed by atoms with Gasteiger partial charge in [0.25, 0.3) is 0 Å². The number of rotatable bonds is 4. The summed E-state index contributed by atoms with van der Waals surface area (Å²) in [5.74, 6) is -4.99. The van der Waals surface area contributed by atoms with Crippen molar-refractivity contribution in [3.05, 3.63) is 52.0 Å². The maximum atomic E-state index is 13.7. The van der Waals surface area contributed by atoms with E-state index in [0.29, 0.717) is 12.1 Å². The molecule has 3 aliphatic carbocycles. The number of nitrogens with one attached hydrogen (secondary N) is 1. The van der Waals surface area contributed by atoms with Gasteiger partial charge in [-0.3, -0.25) is 14.5 Å². The van der Waals surface area contributed by atoms with Crippen molar-refractivity contribution in [3.63, 3.8) is 0 Å². The van der Waals surface area contributed by atoms with Crippen LogP contribution < -0.4 is 5.32 Å². The van der Waals surface area contributed by atoms with Gasteiger partial charge in [-0.25, -0.2) is 0 Å². The number of Topliss-reactive ketones (excluding diaryl/α,β-unsaturated/α-hetero) is 2. The number of carbonyl (C=O) groups excluding carboxylic acids is 2. The molecule has 0 radical (unpaired) electrons. The highest BCUT2D eigenvalue weighted by molar-refractivity contribution is 6.14. The summed E-state index contributed by atoms with van der Waals surface area (Å²) in [5, 5.41) is 61.2. The Morgan fingerprint density at radius 2 is 1.78 bits per heavy atom. The first-order valence-corrected chi connectivity index (χ1v) is 12.6. The van der Waals surface area contributed by atoms with Crippen molar-refractivity contribution >= 4 is 11.6 Å². The zero-order valence-electron chi connectivity index (χ0n) is 22.4. The van der Waals surface area contributed by atoms with E-state index in [1.54, 1.807) is 38.1 Å². The van der Waals surface area contributed by atoms with E-state index in [2.05, 4.69) is 5.32 Å². The molecule has 0 saturated heterocycles. The van der Waals surface area contributed by atoms with Gasteiger partial charge in [0, 0.05) is 24.0 Å². The highest BCUT2D eigenvalue weighted by Gasteiger charge is 2.66. The number of phenols is 1. The van der Waals surface area contributed by atoms with E-state index < -0.39 is 58.9 Å². The monoisotopic (exact) mass is 514 g/mol. The first-order valence-electron chi connectivity index (χ1n) is 12.6. The molecular weight excluding hydrogens is 476 g/mol. The zero-order valence-corrected chi connectivity index (χ0v) is 22.4. The molecule has 9 heteroatoms. The molecule has 0 saturated carbocycles. The van der Waals surface area contributed by atoms with Gasteiger partial charge in [-0.1, -0.05) is 39.8 Å². The summed E-state index contributed by atoms with van der Waals surface area (Å²) in [6, 6.07) is 2.36. The number of aromatic hydroxyl groups is 1. The van der Waals surface area contributed by atoms with Crippen molar-refractivity contribution in [1.29, 1.82) is 0 Å². The van der Waals surface area contributed by atoms with Crippen LogP contribution >= 0.6 is 0 Å². The summed E-state index contributed by atoms with van der Waals surface area (Å²) in [6.07, 6.45) is -1.38. The summed E-state index contributed by atoms with van der Waals surface area (Å²) in [5.41, 5.74) is -2.36. The number of benzene rings is 1. The second kappa shape index (κ2) is 8.94. The molecule has 7 atom stereocenters. The summed E-state index contributed by atoms with van der Waals surface area (Å²) in [7, 11) is 3.29. The first kappa shape index (κ1) is 27.3. The van der Waals surface area contributed by atoms with Crippen LogP contribution in [0.5, 0.6) is 5.75 Å². The van der Waals surface area contributed by atoms with Crippen molar-refractivity contribution in [2.75, 3.05) is 20.6 Å². The minimum absolute atomic E-state index is 0.0198. The van der Waals surface area contributed by atoms with Gasteiger partial charge >= 0.3 is 0 Å². The lowest BCUT2D eigenvalue weighted by atomic mass is 9.54. The van der Waals surface area contributed by atoms with E-state index in [1.807, 2.05) is 20.8 Å². The number of hydrogen-bond acceptors (Lipinski definition) is 9. The second-order valence-electron chi connectivity index (χ2n) is 12.1. The van der Waals surface area contributed by atoms with Gasteiger partial charge in [0.2, 0.25) is 0 Å². The Hall–Kier alpha value is -2.72. The fraction of sp³-hybridized carbons (Fsp3) is 0.571. The Morgan fingerprint density at radius 1 is 1.16 bits per heavy atom. The summed E-state index contributed by atoms with van der Waals surface area (Å²) in [4.78, 5) is 28.2. The van der Waals surface area contributed by atoms with E-state index in [0.717, 1.165) is 0 Å². The van der Waals surface area contributed by atoms with Crippen molar-refractivity contribution in [1.82, 2.24) is 10.2 Å². The van der Waals surface area contributed by atoms with E-state index >= 15 is 0 Å². The normalized spacial score (nSPS) is 33.8. The Morgan fingerprint density at radius 3 is 2.32 bits per heavy atom. The quantitative estimate of drug-likeness (QED) is 0.355. The van der Waals surface area contributed by atoms with Crippen LogP contribution in [0.1, 0.15) is 56.5 Å². The van der Waals surface area contributed by atoms with Crippen molar-refractivity contribution < 1.29 is 35.1 Å². The summed E-state index contributed by atoms with van der Waals surface area (Å²) in [6.45, 7) is 9.18. The van der Waals surface area contributed by atoms with Gasteiger partial charge in [-0.15, -0.1) is 0 Å². The van der Waals surface area contributed by atoms with E-state index in [1.165, 1.54) is 13.0 Å². The molecule has 0 fully saturated rings. The topological polar surface area (TPSA) is 151 Å². The molecule has 1 aromatic rings. The zero-order chi connectivity index (χ0) is 27.8. The number of phenolic OH excluding ortho intramolecular Hbond substituents is 1. The van der Waals surface area contributed by atoms with E-state index in [4.69, 9.17) is 0 Å². The third-order valence-corrected chi connectivity index (χ3v) is 8.18. The van der Waals surface area contributed by atoms with Crippen LogP contribution in [0.4, 0.5) is 0 Å². The van der Waals surface area contributed by atoms with Gasteiger partial charge in [0.1, 0.15) is 22.9 Å². The van der Waals surface area contributed by atoms with Crippen LogP contribution in [0.2, 0.25) is 0 Å². The highest BCUT2D eigenvalue weighted by Crippen LogP contribution is 2.56. The molecule has 0 aliphatic heterocycles. The number of aliphatic hydroxyl groups is 4. The number of fused-ring (bicyclic) bond motifs is 3.